The zero-order valence-corrected chi connectivity index (χ0v) is 55.4. The molecule has 23 nitrogen and oxygen atoms in total. The third-order valence-corrected chi connectivity index (χ3v) is 17.2. The Morgan fingerprint density at radius 2 is 0.887 bits per heavy atom. The Bertz CT molecular complexity index is 3630. The maximum atomic E-state index is 14.9. The molecule has 5 aliphatic rings. The number of fused-ring (bicyclic) bond motifs is 2. The second-order valence-corrected chi connectivity index (χ2v) is 25.8. The second-order valence-electron chi connectivity index (χ2n) is 23.2. The molecule has 5 heterocycles. The molecule has 4 fully saturated rings. The van der Waals surface area contributed by atoms with Gasteiger partial charge in [0.2, 0.25) is 12.2 Å². The highest BCUT2D eigenvalue weighted by molar-refractivity contribution is 6.76. The number of nitrogens with one attached hydrogen (secondary N) is 1. The number of benzene rings is 6. The third-order valence-electron chi connectivity index (χ3n) is 16.5. The van der Waals surface area contributed by atoms with Gasteiger partial charge in [-0.15, -0.1) is 11.6 Å². The first-order chi connectivity index (χ1) is 46.9. The second kappa shape index (κ2) is 32.8. The van der Waals surface area contributed by atoms with Crippen LogP contribution in [0, 0.1) is 5.41 Å². The molecule has 512 valence electrons. The predicted molar refractivity (Wildman–Crippen MR) is 347 cm³/mol. The molecule has 0 aliphatic carbocycles. The Kier molecular flexibility index (Phi) is 23.9. The van der Waals surface area contributed by atoms with Crippen molar-refractivity contribution in [1.82, 2.24) is 9.80 Å². The molecule has 0 aromatic heterocycles. The number of halogens is 4. The minimum Gasteiger partial charge on any atom is -0.455 e. The van der Waals surface area contributed by atoms with E-state index in [1.165, 1.54) is 17.0 Å². The Balaban J connectivity index is 1.03. The van der Waals surface area contributed by atoms with Gasteiger partial charge in [0.25, 0.3) is 15.6 Å². The van der Waals surface area contributed by atoms with Crippen LogP contribution in [0.2, 0.25) is 0 Å². The summed E-state index contributed by atoms with van der Waals surface area (Å²) in [5, 5.41) is 8.89. The van der Waals surface area contributed by atoms with Crippen LogP contribution in [0.1, 0.15) is 62.4 Å². The SMILES string of the molecule is CC(=O)O[C@H]1[C@@H](O[C@H]2O[C@H](COCc3ccccc3)[C@@H](OC(=O)CCl)[C@@H]3OC(=O)N(Cc4ccccc4)[C@@H]23)[C@@H](COCc2ccccc2)O[C@@H](O[C@H]2[C@H](OCc3ccccc3)[C@@H](N3C(=O)c4ccccc4C3=O)[C@H](OC(=N)C(Cl)(Cl)Cl)O[C@@H]2COCc2ccccc2)[C@@H]1OC(C)=O. The molecule has 3 amide bonds. The summed E-state index contributed by atoms with van der Waals surface area (Å²) < 4.78 is 89.5. The van der Waals surface area contributed by atoms with E-state index in [0.29, 0.717) is 11.1 Å². The molecule has 1 N–H and O–H groups in total. The Morgan fingerprint density at radius 1 is 0.474 bits per heavy atom. The molecule has 97 heavy (non-hydrogen) atoms. The van der Waals surface area contributed by atoms with Gasteiger partial charge >= 0.3 is 24.0 Å². The maximum absolute atomic E-state index is 14.9. The van der Waals surface area contributed by atoms with Gasteiger partial charge in [-0.2, -0.15) is 0 Å². The molecule has 0 spiro atoms. The van der Waals surface area contributed by atoms with Gasteiger partial charge in [0.15, 0.2) is 37.0 Å². The van der Waals surface area contributed by atoms with Crippen LogP contribution in [0.3, 0.4) is 0 Å². The van der Waals surface area contributed by atoms with Gasteiger partial charge in [-0.25, -0.2) is 4.79 Å². The fraction of sp³-hybridized carbons (Fsp3) is 0.386. The summed E-state index contributed by atoms with van der Waals surface area (Å²) in [6.45, 7) is 0.877. The minimum atomic E-state index is -2.52. The van der Waals surface area contributed by atoms with Crippen molar-refractivity contribution in [2.24, 2.45) is 0 Å². The maximum Gasteiger partial charge on any atom is 0.411 e. The zero-order valence-electron chi connectivity index (χ0n) is 52.3. The fourth-order valence-corrected chi connectivity index (χ4v) is 12.4. The molecule has 4 saturated heterocycles. The number of carbonyl (C=O) groups excluding carboxylic acids is 6. The summed E-state index contributed by atoms with van der Waals surface area (Å²) in [5.41, 5.74) is 3.56. The Labute approximate surface area is 578 Å². The van der Waals surface area contributed by atoms with Crippen LogP contribution in [0.15, 0.2) is 176 Å². The number of imide groups is 1. The van der Waals surface area contributed by atoms with Crippen LogP contribution >= 0.6 is 46.4 Å². The molecule has 0 bridgehead atoms. The number of hydrogen-bond donors (Lipinski definition) is 1. The summed E-state index contributed by atoms with van der Waals surface area (Å²) >= 11 is 25.0. The van der Waals surface area contributed by atoms with Crippen molar-refractivity contribution in [3.05, 3.63) is 215 Å². The van der Waals surface area contributed by atoms with Crippen LogP contribution in [0.5, 0.6) is 0 Å². The summed E-state index contributed by atoms with van der Waals surface area (Å²) in [7, 11) is 0. The number of nitrogens with zero attached hydrogens (tertiary/aromatic N) is 2. The third kappa shape index (κ3) is 17.5. The van der Waals surface area contributed by atoms with E-state index in [0.717, 1.165) is 35.4 Å². The van der Waals surface area contributed by atoms with Crippen molar-refractivity contribution in [2.45, 2.75) is 143 Å². The van der Waals surface area contributed by atoms with E-state index in [9.17, 15) is 28.8 Å². The first-order valence-electron chi connectivity index (χ1n) is 31.1. The molecule has 0 unspecified atom stereocenters. The van der Waals surface area contributed by atoms with Gasteiger partial charge in [0, 0.05) is 20.4 Å². The topological polar surface area (TPSA) is 262 Å². The molecule has 6 aromatic carbocycles. The minimum absolute atomic E-state index is 0.00887. The lowest BCUT2D eigenvalue weighted by atomic mass is 9.93. The molecular weight excluding hydrogens is 1340 g/mol. The quantitative estimate of drug-likeness (QED) is 0.0126. The van der Waals surface area contributed by atoms with E-state index in [4.69, 9.17) is 118 Å². The Morgan fingerprint density at radius 3 is 1.36 bits per heavy atom. The lowest BCUT2D eigenvalue weighted by molar-refractivity contribution is -0.372. The number of alkyl halides is 4. The van der Waals surface area contributed by atoms with Crippen molar-refractivity contribution in [3.63, 3.8) is 0 Å². The van der Waals surface area contributed by atoms with Crippen LogP contribution in [-0.2, 0) is 114 Å². The van der Waals surface area contributed by atoms with E-state index in [1.807, 2.05) is 91.0 Å². The molecule has 6 aromatic rings. The van der Waals surface area contributed by atoms with E-state index in [1.54, 1.807) is 72.8 Å². The monoisotopic (exact) mass is 1410 g/mol. The van der Waals surface area contributed by atoms with Gasteiger partial charge in [-0.1, -0.05) is 199 Å². The van der Waals surface area contributed by atoms with Crippen molar-refractivity contribution in [2.75, 3.05) is 25.7 Å². The van der Waals surface area contributed by atoms with Gasteiger partial charge in [0.1, 0.15) is 54.6 Å². The summed E-state index contributed by atoms with van der Waals surface area (Å²) in [6, 6.07) is 48.4. The van der Waals surface area contributed by atoms with Crippen LogP contribution in [0.25, 0.3) is 0 Å². The highest BCUT2D eigenvalue weighted by atomic mass is 35.6. The van der Waals surface area contributed by atoms with Crippen molar-refractivity contribution < 1.29 is 95.1 Å². The van der Waals surface area contributed by atoms with Gasteiger partial charge in [-0.3, -0.25) is 39.2 Å². The van der Waals surface area contributed by atoms with Crippen LogP contribution in [0.4, 0.5) is 4.79 Å². The lowest BCUT2D eigenvalue weighted by Crippen LogP contribution is -2.70. The van der Waals surface area contributed by atoms with Crippen LogP contribution in [-0.4, -0.2) is 173 Å². The normalized spacial score (nSPS) is 26.9. The first kappa shape index (κ1) is 70.7. The summed E-state index contributed by atoms with van der Waals surface area (Å²) in [6.07, 6.45) is -21.5. The molecule has 0 saturated carbocycles. The molecule has 0 radical (unpaired) electrons. The van der Waals surface area contributed by atoms with Crippen molar-refractivity contribution in [3.8, 4) is 0 Å². The van der Waals surface area contributed by atoms with Crippen molar-refractivity contribution >= 4 is 88.1 Å². The number of amides is 3. The average Bonchev–Trinajstić information content (AvgIpc) is 1.71. The zero-order chi connectivity index (χ0) is 68.2. The summed E-state index contributed by atoms with van der Waals surface area (Å²) in [5.74, 6) is -5.87. The van der Waals surface area contributed by atoms with Crippen molar-refractivity contribution in [1.29, 1.82) is 5.41 Å². The molecule has 27 heteroatoms. The molecule has 15 atom stereocenters. The predicted octanol–water partition coefficient (Wildman–Crippen LogP) is 9.60. The number of carbonyl (C=O) groups is 6. The van der Waals surface area contributed by atoms with E-state index >= 15 is 0 Å². The number of rotatable bonds is 27. The molecule has 11 rings (SSSR count). The summed E-state index contributed by atoms with van der Waals surface area (Å²) in [4.78, 5) is 87.7. The van der Waals surface area contributed by atoms with Gasteiger partial charge < -0.3 is 66.3 Å². The number of hydrogen-bond acceptors (Lipinski definition) is 21. The highest BCUT2D eigenvalue weighted by Gasteiger charge is 2.63. The van der Waals surface area contributed by atoms with Gasteiger partial charge in [-0.05, 0) is 39.9 Å². The largest absolute Gasteiger partial charge is 0.455 e. The molecular formula is C70H69Cl4N3O20. The number of ether oxygens (including phenoxy) is 14. The smallest absolute Gasteiger partial charge is 0.411 e. The first-order valence-corrected chi connectivity index (χ1v) is 32.8. The van der Waals surface area contributed by atoms with Crippen LogP contribution < -0.4 is 0 Å². The number of esters is 3. The van der Waals surface area contributed by atoms with E-state index in [2.05, 4.69) is 0 Å². The van der Waals surface area contributed by atoms with Gasteiger partial charge in [0.05, 0.1) is 57.4 Å². The Hall–Kier alpha value is -7.59. The molecule has 5 aliphatic heterocycles. The average molecular weight is 1410 g/mol. The lowest BCUT2D eigenvalue weighted by Gasteiger charge is -2.51. The highest BCUT2D eigenvalue weighted by Crippen LogP contribution is 2.43. The van der Waals surface area contributed by atoms with E-state index in [-0.39, 0.29) is 50.7 Å². The standard InChI is InChI=1S/C70H69Cl4N3O20/c1-41(78)88-61-58(94-65-54-60(96-69(83)76(54)33-43-20-8-3-9-21-43)57(93-53(80)32-71)51(90-65)39-85-35-45-24-12-5-13-25-45)52(40-86-36-46-26-14-6-15-27-46)92-67(62(61)89-42(2)79)95-56-50(38-84-34-44-22-10-4-11-23-44)91-66(97-68(75)70(72,73)74)55(59(56)87-37-47-28-16-7-17-29-47)77-63(81)48-30-18-19-31-49(48)64(77)82/h3-31,50-52,54-62,65-67,75H,32-40H2,1-2H3/t50-,51-,52-,54-,55-,56-,57-,58+,59-,60-,61+,62-,65-,66+,67+/m1/s1. The fourth-order valence-electron chi connectivity index (χ4n) is 12.2. The van der Waals surface area contributed by atoms with E-state index < -0.39 is 157 Å².